The summed E-state index contributed by atoms with van der Waals surface area (Å²) in [6.45, 7) is 6.32. The molecule has 0 saturated carbocycles. The van der Waals surface area contributed by atoms with Crippen molar-refractivity contribution in [1.29, 1.82) is 0 Å². The summed E-state index contributed by atoms with van der Waals surface area (Å²) in [5.41, 5.74) is 5.16. The second-order valence-electron chi connectivity index (χ2n) is 6.76. The Hall–Kier alpha value is -2.55. The van der Waals surface area contributed by atoms with Gasteiger partial charge < -0.3 is 10.6 Å². The van der Waals surface area contributed by atoms with Gasteiger partial charge >= 0.3 is 0 Å². The SMILES string of the molecule is Cc1ccc(NC(=O)/C=C2\NC(C)(C)Cc3ccccc32)cc1. The number of amides is 1. The Balaban J connectivity index is 1.86. The average molecular weight is 306 g/mol. The molecule has 23 heavy (non-hydrogen) atoms. The van der Waals surface area contributed by atoms with E-state index in [1.54, 1.807) is 6.08 Å². The fourth-order valence-electron chi connectivity index (χ4n) is 2.95. The van der Waals surface area contributed by atoms with Crippen LogP contribution in [0.2, 0.25) is 0 Å². The number of carbonyl (C=O) groups is 1. The number of aryl methyl sites for hydroxylation is 1. The van der Waals surface area contributed by atoms with Gasteiger partial charge in [0.05, 0.1) is 0 Å². The average Bonchev–Trinajstić information content (AvgIpc) is 2.48. The van der Waals surface area contributed by atoms with Gasteiger partial charge in [-0.25, -0.2) is 0 Å². The zero-order valence-electron chi connectivity index (χ0n) is 13.8. The quantitative estimate of drug-likeness (QED) is 0.826. The van der Waals surface area contributed by atoms with Crippen LogP contribution in [0, 0.1) is 6.92 Å². The Bertz CT molecular complexity index is 757. The topological polar surface area (TPSA) is 41.1 Å². The third-order valence-electron chi connectivity index (χ3n) is 4.01. The number of rotatable bonds is 2. The van der Waals surface area contributed by atoms with Gasteiger partial charge in [-0.2, -0.15) is 0 Å². The summed E-state index contributed by atoms with van der Waals surface area (Å²) >= 11 is 0. The van der Waals surface area contributed by atoms with E-state index < -0.39 is 0 Å². The molecule has 1 aliphatic heterocycles. The van der Waals surface area contributed by atoms with E-state index >= 15 is 0 Å². The van der Waals surface area contributed by atoms with Crippen LogP contribution in [0.25, 0.3) is 5.70 Å². The van der Waals surface area contributed by atoms with Crippen molar-refractivity contribution in [2.45, 2.75) is 32.7 Å². The van der Waals surface area contributed by atoms with Crippen LogP contribution >= 0.6 is 0 Å². The monoisotopic (exact) mass is 306 g/mol. The summed E-state index contributed by atoms with van der Waals surface area (Å²) in [5.74, 6) is -0.121. The lowest BCUT2D eigenvalue weighted by molar-refractivity contribution is -0.111. The van der Waals surface area contributed by atoms with Crippen molar-refractivity contribution in [1.82, 2.24) is 5.32 Å². The van der Waals surface area contributed by atoms with Gasteiger partial charge in [0.1, 0.15) is 0 Å². The molecule has 0 aromatic heterocycles. The van der Waals surface area contributed by atoms with E-state index in [0.29, 0.717) is 0 Å². The standard InChI is InChI=1S/C20H22N2O/c1-14-8-10-16(11-9-14)21-19(23)12-18-17-7-5-4-6-15(17)13-20(2,3)22-18/h4-12,22H,13H2,1-3H3,(H,21,23)/b18-12-. The highest BCUT2D eigenvalue weighted by atomic mass is 16.1. The molecule has 2 aromatic rings. The van der Waals surface area contributed by atoms with Gasteiger partial charge in [-0.15, -0.1) is 0 Å². The fourth-order valence-corrected chi connectivity index (χ4v) is 2.95. The van der Waals surface area contributed by atoms with Crippen molar-refractivity contribution < 1.29 is 4.79 Å². The highest BCUT2D eigenvalue weighted by molar-refractivity contribution is 6.04. The molecule has 0 bridgehead atoms. The smallest absolute Gasteiger partial charge is 0.250 e. The number of anilines is 1. The Kier molecular flexibility index (Phi) is 3.95. The van der Waals surface area contributed by atoms with Crippen LogP contribution in [0.3, 0.4) is 0 Å². The molecule has 0 atom stereocenters. The van der Waals surface area contributed by atoms with Crippen LogP contribution in [-0.4, -0.2) is 11.4 Å². The van der Waals surface area contributed by atoms with Gasteiger partial charge in [0.25, 0.3) is 0 Å². The summed E-state index contributed by atoms with van der Waals surface area (Å²) in [6.07, 6.45) is 2.60. The Morgan fingerprint density at radius 3 is 2.57 bits per heavy atom. The summed E-state index contributed by atoms with van der Waals surface area (Å²) in [4.78, 5) is 12.4. The number of nitrogens with one attached hydrogen (secondary N) is 2. The molecule has 2 aromatic carbocycles. The van der Waals surface area contributed by atoms with E-state index in [1.807, 2.05) is 43.3 Å². The van der Waals surface area contributed by atoms with Crippen LogP contribution in [0.4, 0.5) is 5.69 Å². The lowest BCUT2D eigenvalue weighted by atomic mass is 9.86. The second kappa shape index (κ2) is 5.92. The predicted octanol–water partition coefficient (Wildman–Crippen LogP) is 3.90. The first-order valence-electron chi connectivity index (χ1n) is 7.89. The van der Waals surface area contributed by atoms with Crippen LogP contribution in [0.1, 0.15) is 30.5 Å². The lowest BCUT2D eigenvalue weighted by Gasteiger charge is -2.35. The van der Waals surface area contributed by atoms with Crippen molar-refractivity contribution >= 4 is 17.3 Å². The normalized spacial score (nSPS) is 17.3. The number of hydrogen-bond donors (Lipinski definition) is 2. The maximum atomic E-state index is 12.4. The molecular weight excluding hydrogens is 284 g/mol. The van der Waals surface area contributed by atoms with Gasteiger partial charge in [0, 0.05) is 28.6 Å². The minimum atomic E-state index is -0.121. The van der Waals surface area contributed by atoms with Gasteiger partial charge in [0.2, 0.25) is 5.91 Å². The van der Waals surface area contributed by atoms with E-state index in [4.69, 9.17) is 0 Å². The predicted molar refractivity (Wildman–Crippen MR) is 95.1 cm³/mol. The van der Waals surface area contributed by atoms with Gasteiger partial charge in [-0.05, 0) is 44.9 Å². The highest BCUT2D eigenvalue weighted by Crippen LogP contribution is 2.29. The van der Waals surface area contributed by atoms with Crippen molar-refractivity contribution in [2.24, 2.45) is 0 Å². The van der Waals surface area contributed by atoms with Gasteiger partial charge in [0.15, 0.2) is 0 Å². The second-order valence-corrected chi connectivity index (χ2v) is 6.76. The Morgan fingerprint density at radius 2 is 1.83 bits per heavy atom. The van der Waals surface area contributed by atoms with Crippen LogP contribution in [0.5, 0.6) is 0 Å². The summed E-state index contributed by atoms with van der Waals surface area (Å²) in [5, 5.41) is 6.39. The summed E-state index contributed by atoms with van der Waals surface area (Å²) in [6, 6.07) is 16.0. The van der Waals surface area contributed by atoms with Crippen molar-refractivity contribution in [2.75, 3.05) is 5.32 Å². The molecule has 2 N–H and O–H groups in total. The van der Waals surface area contributed by atoms with Crippen LogP contribution in [-0.2, 0) is 11.2 Å². The number of fused-ring (bicyclic) bond motifs is 1. The molecule has 1 amide bonds. The number of carbonyl (C=O) groups excluding carboxylic acids is 1. The molecule has 1 aliphatic rings. The maximum absolute atomic E-state index is 12.4. The van der Waals surface area contributed by atoms with E-state index in [1.165, 1.54) is 11.1 Å². The van der Waals surface area contributed by atoms with E-state index in [0.717, 1.165) is 23.4 Å². The van der Waals surface area contributed by atoms with Gasteiger partial charge in [-0.1, -0.05) is 42.0 Å². The molecule has 0 unspecified atom stereocenters. The van der Waals surface area contributed by atoms with Crippen LogP contribution < -0.4 is 10.6 Å². The summed E-state index contributed by atoms with van der Waals surface area (Å²) in [7, 11) is 0. The molecule has 3 nitrogen and oxygen atoms in total. The molecule has 0 aliphatic carbocycles. The molecule has 0 saturated heterocycles. The molecule has 3 heteroatoms. The maximum Gasteiger partial charge on any atom is 0.250 e. The number of benzene rings is 2. The minimum Gasteiger partial charge on any atom is -0.379 e. The zero-order valence-corrected chi connectivity index (χ0v) is 13.8. The first kappa shape index (κ1) is 15.3. The third kappa shape index (κ3) is 3.62. The molecule has 1 heterocycles. The molecule has 118 valence electrons. The molecule has 0 spiro atoms. The zero-order chi connectivity index (χ0) is 16.4. The Morgan fingerprint density at radius 1 is 1.13 bits per heavy atom. The minimum absolute atomic E-state index is 0.0652. The first-order chi connectivity index (χ1) is 10.9. The van der Waals surface area contributed by atoms with Crippen molar-refractivity contribution in [3.05, 3.63) is 71.3 Å². The van der Waals surface area contributed by atoms with Crippen molar-refractivity contribution in [3.63, 3.8) is 0 Å². The third-order valence-corrected chi connectivity index (χ3v) is 4.01. The fraction of sp³-hybridized carbons (Fsp3) is 0.250. The highest BCUT2D eigenvalue weighted by Gasteiger charge is 2.27. The first-order valence-corrected chi connectivity index (χ1v) is 7.89. The molecular formula is C20H22N2O. The molecule has 0 radical (unpaired) electrons. The summed E-state index contributed by atoms with van der Waals surface area (Å²) < 4.78 is 0. The lowest BCUT2D eigenvalue weighted by Crippen LogP contribution is -2.44. The van der Waals surface area contributed by atoms with Crippen molar-refractivity contribution in [3.8, 4) is 0 Å². The van der Waals surface area contributed by atoms with Crippen LogP contribution in [0.15, 0.2) is 54.6 Å². The van der Waals surface area contributed by atoms with E-state index in [-0.39, 0.29) is 11.4 Å². The largest absolute Gasteiger partial charge is 0.379 e. The van der Waals surface area contributed by atoms with E-state index in [9.17, 15) is 4.79 Å². The number of hydrogen-bond acceptors (Lipinski definition) is 2. The van der Waals surface area contributed by atoms with E-state index in [2.05, 4.69) is 36.6 Å². The van der Waals surface area contributed by atoms with Gasteiger partial charge in [-0.3, -0.25) is 4.79 Å². The molecule has 0 fully saturated rings. The Labute approximate surface area is 137 Å². The molecule has 3 rings (SSSR count).